The number of hydrogen-bond donors (Lipinski definition) is 1. The fourth-order valence-corrected chi connectivity index (χ4v) is 4.93. The van der Waals surface area contributed by atoms with Crippen LogP contribution in [0.4, 0.5) is 4.79 Å². The molecular weight excluding hydrogens is 400 g/mol. The number of amides is 3. The largest absolute Gasteiger partial charge is 0.497 e. The highest BCUT2D eigenvalue weighted by Crippen LogP contribution is 2.33. The van der Waals surface area contributed by atoms with Crippen LogP contribution >= 0.6 is 11.3 Å². The molecule has 2 aromatic rings. The van der Waals surface area contributed by atoms with E-state index in [4.69, 9.17) is 4.74 Å². The zero-order valence-electron chi connectivity index (χ0n) is 17.5. The average Bonchev–Trinajstić information content (AvgIpc) is 3.37. The van der Waals surface area contributed by atoms with E-state index >= 15 is 0 Å². The molecule has 0 aliphatic carbocycles. The van der Waals surface area contributed by atoms with Crippen molar-refractivity contribution in [2.24, 2.45) is 0 Å². The van der Waals surface area contributed by atoms with Crippen LogP contribution in [0.2, 0.25) is 0 Å². The lowest BCUT2D eigenvalue weighted by Crippen LogP contribution is -2.51. The molecule has 0 bridgehead atoms. The Bertz CT molecular complexity index is 878. The molecule has 0 unspecified atom stereocenters. The summed E-state index contributed by atoms with van der Waals surface area (Å²) in [5, 5.41) is 5.06. The topological polar surface area (TPSA) is 65.1 Å². The van der Waals surface area contributed by atoms with Gasteiger partial charge in [-0.2, -0.15) is 0 Å². The fraction of sp³-hybridized carbons (Fsp3) is 0.455. The number of methoxy groups -OCH3 is 1. The van der Waals surface area contributed by atoms with E-state index < -0.39 is 5.54 Å². The van der Waals surface area contributed by atoms with Gasteiger partial charge in [0.2, 0.25) is 0 Å². The van der Waals surface area contributed by atoms with E-state index in [1.165, 1.54) is 9.78 Å². The minimum absolute atomic E-state index is 0.179. The van der Waals surface area contributed by atoms with E-state index in [0.717, 1.165) is 44.0 Å². The SMILES string of the molecule is CC[C@]1(c2ccc(OC)cc2)NC(=O)N(CN2CCN(Cc3cccs3)CC2)C1=O. The molecule has 2 aliphatic rings. The zero-order valence-corrected chi connectivity index (χ0v) is 18.3. The molecule has 30 heavy (non-hydrogen) atoms. The summed E-state index contributed by atoms with van der Waals surface area (Å²) in [7, 11) is 1.61. The van der Waals surface area contributed by atoms with Crippen LogP contribution in [0.5, 0.6) is 5.75 Å². The van der Waals surface area contributed by atoms with Gasteiger partial charge in [0.25, 0.3) is 5.91 Å². The lowest BCUT2D eigenvalue weighted by Gasteiger charge is -2.36. The first-order valence-electron chi connectivity index (χ1n) is 10.3. The highest BCUT2D eigenvalue weighted by molar-refractivity contribution is 7.09. The van der Waals surface area contributed by atoms with Crippen LogP contribution in [0.25, 0.3) is 0 Å². The molecule has 3 heterocycles. The minimum Gasteiger partial charge on any atom is -0.497 e. The normalized spacial score (nSPS) is 23.1. The molecule has 1 aromatic heterocycles. The summed E-state index contributed by atoms with van der Waals surface area (Å²) in [4.78, 5) is 33.4. The van der Waals surface area contributed by atoms with E-state index in [0.29, 0.717) is 13.1 Å². The molecule has 1 atom stereocenters. The summed E-state index contributed by atoms with van der Waals surface area (Å²) < 4.78 is 5.22. The van der Waals surface area contributed by atoms with Crippen LogP contribution in [-0.2, 0) is 16.9 Å². The molecule has 0 saturated carbocycles. The van der Waals surface area contributed by atoms with Gasteiger partial charge in [0.1, 0.15) is 11.3 Å². The van der Waals surface area contributed by atoms with Gasteiger partial charge in [-0.05, 0) is 35.6 Å². The number of carbonyl (C=O) groups is 2. The first-order chi connectivity index (χ1) is 14.6. The van der Waals surface area contributed by atoms with E-state index in [1.54, 1.807) is 18.4 Å². The third kappa shape index (κ3) is 3.95. The van der Waals surface area contributed by atoms with Gasteiger partial charge >= 0.3 is 6.03 Å². The maximum Gasteiger partial charge on any atom is 0.326 e. The average molecular weight is 429 g/mol. The van der Waals surface area contributed by atoms with Crippen LogP contribution in [0.1, 0.15) is 23.8 Å². The molecule has 2 saturated heterocycles. The highest BCUT2D eigenvalue weighted by atomic mass is 32.1. The second-order valence-electron chi connectivity index (χ2n) is 7.77. The summed E-state index contributed by atoms with van der Waals surface area (Å²) >= 11 is 1.78. The van der Waals surface area contributed by atoms with Crippen LogP contribution in [0, 0.1) is 0 Å². The van der Waals surface area contributed by atoms with Crippen LogP contribution in [-0.4, -0.2) is 66.6 Å². The van der Waals surface area contributed by atoms with E-state index in [9.17, 15) is 9.59 Å². The van der Waals surface area contributed by atoms with Crippen LogP contribution in [0.3, 0.4) is 0 Å². The molecule has 7 nitrogen and oxygen atoms in total. The molecule has 0 spiro atoms. The number of carbonyl (C=O) groups excluding carboxylic acids is 2. The number of imide groups is 1. The molecule has 1 aromatic carbocycles. The fourth-order valence-electron chi connectivity index (χ4n) is 4.18. The number of rotatable bonds is 7. The van der Waals surface area contributed by atoms with Crippen molar-refractivity contribution in [1.82, 2.24) is 20.0 Å². The maximum atomic E-state index is 13.3. The van der Waals surface area contributed by atoms with Gasteiger partial charge in [-0.25, -0.2) is 9.69 Å². The molecule has 0 radical (unpaired) electrons. The number of nitrogens with one attached hydrogen (secondary N) is 1. The predicted octanol–water partition coefficient (Wildman–Crippen LogP) is 2.69. The summed E-state index contributed by atoms with van der Waals surface area (Å²) in [6.07, 6.45) is 0.495. The van der Waals surface area contributed by atoms with Crippen LogP contribution < -0.4 is 10.1 Å². The Morgan fingerprint density at radius 1 is 1.07 bits per heavy atom. The Morgan fingerprint density at radius 2 is 1.77 bits per heavy atom. The number of nitrogens with zero attached hydrogens (tertiary/aromatic N) is 3. The van der Waals surface area contributed by atoms with Crippen molar-refractivity contribution in [2.75, 3.05) is 40.0 Å². The number of thiophene rings is 1. The molecule has 2 aliphatic heterocycles. The Morgan fingerprint density at radius 3 is 2.37 bits per heavy atom. The van der Waals surface area contributed by atoms with Gasteiger partial charge in [0.05, 0.1) is 13.8 Å². The summed E-state index contributed by atoms with van der Waals surface area (Å²) in [5.41, 5.74) is -0.225. The third-order valence-corrected chi connectivity index (χ3v) is 6.92. The molecule has 4 rings (SSSR count). The van der Waals surface area contributed by atoms with Gasteiger partial charge in [0, 0.05) is 37.6 Å². The van der Waals surface area contributed by atoms with Gasteiger partial charge in [0.15, 0.2) is 0 Å². The summed E-state index contributed by atoms with van der Waals surface area (Å²) in [6, 6.07) is 11.3. The van der Waals surface area contributed by atoms with Gasteiger partial charge in [-0.15, -0.1) is 11.3 Å². The highest BCUT2D eigenvalue weighted by Gasteiger charge is 2.51. The second-order valence-corrected chi connectivity index (χ2v) is 8.80. The lowest BCUT2D eigenvalue weighted by atomic mass is 9.87. The first-order valence-corrected chi connectivity index (χ1v) is 11.2. The molecule has 2 fully saturated rings. The minimum atomic E-state index is -1.01. The maximum absolute atomic E-state index is 13.3. The van der Waals surface area contributed by atoms with Gasteiger partial charge in [-0.1, -0.05) is 25.1 Å². The van der Waals surface area contributed by atoms with Gasteiger partial charge in [-0.3, -0.25) is 14.6 Å². The van der Waals surface area contributed by atoms with Crippen molar-refractivity contribution in [1.29, 1.82) is 0 Å². The Kier molecular flexibility index (Phi) is 6.08. The Hall–Kier alpha value is -2.42. The molecular formula is C22H28N4O3S. The van der Waals surface area contributed by atoms with Crippen molar-refractivity contribution in [3.63, 3.8) is 0 Å². The number of urea groups is 1. The Labute approximate surface area is 181 Å². The van der Waals surface area contributed by atoms with Crippen molar-refractivity contribution in [3.05, 3.63) is 52.2 Å². The summed E-state index contributed by atoms with van der Waals surface area (Å²) in [6.45, 7) is 6.75. The number of ether oxygens (including phenoxy) is 1. The second kappa shape index (κ2) is 8.75. The number of benzene rings is 1. The predicted molar refractivity (Wildman–Crippen MR) is 116 cm³/mol. The monoisotopic (exact) mass is 428 g/mol. The molecule has 160 valence electrons. The number of hydrogen-bond acceptors (Lipinski definition) is 6. The van der Waals surface area contributed by atoms with Crippen molar-refractivity contribution in [2.45, 2.75) is 25.4 Å². The first kappa shape index (κ1) is 20.8. The third-order valence-electron chi connectivity index (χ3n) is 6.05. The van der Waals surface area contributed by atoms with Crippen LogP contribution in [0.15, 0.2) is 41.8 Å². The van der Waals surface area contributed by atoms with E-state index in [2.05, 4.69) is 32.6 Å². The smallest absolute Gasteiger partial charge is 0.326 e. The molecule has 3 amide bonds. The quantitative estimate of drug-likeness (QED) is 0.687. The standard InChI is InChI=1S/C22H28N4O3S/c1-3-22(17-6-8-18(29-2)9-7-17)20(27)26(21(28)23-22)16-25-12-10-24(11-13-25)15-19-5-4-14-30-19/h4-9,14H,3,10-13,15-16H2,1-2H3,(H,23,28)/t22-/m1/s1. The molecule has 1 N–H and O–H groups in total. The number of piperazine rings is 1. The van der Waals surface area contributed by atoms with Crippen molar-refractivity contribution < 1.29 is 14.3 Å². The van der Waals surface area contributed by atoms with E-state index in [-0.39, 0.29) is 11.9 Å². The zero-order chi connectivity index (χ0) is 21.1. The van der Waals surface area contributed by atoms with E-state index in [1.807, 2.05) is 31.2 Å². The Balaban J connectivity index is 1.40. The van der Waals surface area contributed by atoms with Crippen molar-refractivity contribution >= 4 is 23.3 Å². The lowest BCUT2D eigenvalue weighted by molar-refractivity contribution is -0.133. The molecule has 8 heteroatoms. The van der Waals surface area contributed by atoms with Gasteiger partial charge < -0.3 is 10.1 Å². The summed E-state index contributed by atoms with van der Waals surface area (Å²) in [5.74, 6) is 0.542. The van der Waals surface area contributed by atoms with Crippen molar-refractivity contribution in [3.8, 4) is 5.75 Å².